The van der Waals surface area contributed by atoms with Crippen LogP contribution in [0.2, 0.25) is 0 Å². The molecular weight excluding hydrogens is 276 g/mol. The molecule has 0 bridgehead atoms. The standard InChI is InChI=1S/C19H26O3/c1-10-7-11-8-12(20)3-4-13(11)18-15(21)9-19(2)14(17(10)18)5-6-16(19)22/h8,10,13-15,17-18,21H,3-7,9H2,1-2H3/t10-,13+,14?,15-,17?,18?,19+/m1/s1. The van der Waals surface area contributed by atoms with Gasteiger partial charge >= 0.3 is 0 Å². The first kappa shape index (κ1) is 14.6. The summed E-state index contributed by atoms with van der Waals surface area (Å²) in [5, 5.41) is 10.9. The zero-order valence-electron chi connectivity index (χ0n) is 13.5. The smallest absolute Gasteiger partial charge is 0.155 e. The van der Waals surface area contributed by atoms with Crippen LogP contribution in [0.3, 0.4) is 0 Å². The van der Waals surface area contributed by atoms with Gasteiger partial charge in [-0.25, -0.2) is 0 Å². The third-order valence-corrected chi connectivity index (χ3v) is 7.33. The van der Waals surface area contributed by atoms with E-state index >= 15 is 0 Å². The van der Waals surface area contributed by atoms with E-state index in [9.17, 15) is 14.7 Å². The number of carbonyl (C=O) groups excluding carboxylic acids is 2. The number of fused-ring (bicyclic) bond motifs is 5. The second-order valence-electron chi connectivity index (χ2n) is 8.42. The fourth-order valence-electron chi connectivity index (χ4n) is 6.41. The zero-order valence-corrected chi connectivity index (χ0v) is 13.5. The Kier molecular flexibility index (Phi) is 3.17. The number of aliphatic hydroxyl groups excluding tert-OH is 1. The molecule has 22 heavy (non-hydrogen) atoms. The molecule has 4 aliphatic rings. The predicted octanol–water partition coefficient (Wildman–Crippen LogP) is 2.91. The van der Waals surface area contributed by atoms with Gasteiger partial charge < -0.3 is 5.11 Å². The molecule has 4 rings (SSSR count). The van der Waals surface area contributed by atoms with Crippen LogP contribution >= 0.6 is 0 Å². The van der Waals surface area contributed by atoms with E-state index in [4.69, 9.17) is 0 Å². The van der Waals surface area contributed by atoms with Crippen molar-refractivity contribution in [3.05, 3.63) is 11.6 Å². The van der Waals surface area contributed by atoms with Gasteiger partial charge in [-0.2, -0.15) is 0 Å². The van der Waals surface area contributed by atoms with Gasteiger partial charge in [-0.3, -0.25) is 9.59 Å². The minimum Gasteiger partial charge on any atom is -0.393 e. The highest BCUT2D eigenvalue weighted by molar-refractivity contribution is 5.91. The maximum atomic E-state index is 12.4. The van der Waals surface area contributed by atoms with Crippen molar-refractivity contribution in [3.8, 4) is 0 Å². The highest BCUT2D eigenvalue weighted by Gasteiger charge is 2.60. The van der Waals surface area contributed by atoms with Crippen LogP contribution in [0.5, 0.6) is 0 Å². The van der Waals surface area contributed by atoms with Crippen molar-refractivity contribution in [2.24, 2.45) is 35.0 Å². The van der Waals surface area contributed by atoms with Crippen molar-refractivity contribution in [2.75, 3.05) is 0 Å². The average molecular weight is 302 g/mol. The van der Waals surface area contributed by atoms with Gasteiger partial charge in [-0.05, 0) is 61.3 Å². The van der Waals surface area contributed by atoms with Crippen LogP contribution in [0.1, 0.15) is 52.4 Å². The molecule has 3 heteroatoms. The lowest BCUT2D eigenvalue weighted by Gasteiger charge is -2.56. The largest absolute Gasteiger partial charge is 0.393 e. The van der Waals surface area contributed by atoms with Gasteiger partial charge in [0.1, 0.15) is 5.78 Å². The van der Waals surface area contributed by atoms with Crippen LogP contribution in [0, 0.1) is 35.0 Å². The van der Waals surface area contributed by atoms with Crippen LogP contribution < -0.4 is 0 Å². The number of aliphatic hydroxyl groups is 1. The van der Waals surface area contributed by atoms with E-state index in [1.54, 1.807) is 0 Å². The maximum absolute atomic E-state index is 12.4. The summed E-state index contributed by atoms with van der Waals surface area (Å²) in [6.07, 6.45) is 6.28. The summed E-state index contributed by atoms with van der Waals surface area (Å²) in [4.78, 5) is 24.2. The predicted molar refractivity (Wildman–Crippen MR) is 83.0 cm³/mol. The Morgan fingerprint density at radius 1 is 1.18 bits per heavy atom. The number of hydrogen-bond donors (Lipinski definition) is 1. The van der Waals surface area contributed by atoms with E-state index in [1.165, 1.54) is 5.57 Å². The van der Waals surface area contributed by atoms with Gasteiger partial charge in [0.05, 0.1) is 6.10 Å². The van der Waals surface area contributed by atoms with Crippen molar-refractivity contribution in [1.29, 1.82) is 0 Å². The number of allylic oxidation sites excluding steroid dienone is 1. The zero-order chi connectivity index (χ0) is 15.6. The molecule has 0 aromatic heterocycles. The van der Waals surface area contributed by atoms with E-state index in [1.807, 2.05) is 6.08 Å². The van der Waals surface area contributed by atoms with Crippen LogP contribution in [-0.4, -0.2) is 22.8 Å². The fourth-order valence-corrected chi connectivity index (χ4v) is 6.41. The number of Topliss-reactive ketones (excluding diaryl/α,β-unsaturated/α-hetero) is 1. The molecule has 1 N–H and O–H groups in total. The summed E-state index contributed by atoms with van der Waals surface area (Å²) >= 11 is 0. The van der Waals surface area contributed by atoms with E-state index in [2.05, 4.69) is 13.8 Å². The summed E-state index contributed by atoms with van der Waals surface area (Å²) < 4.78 is 0. The molecule has 120 valence electrons. The molecule has 3 nitrogen and oxygen atoms in total. The van der Waals surface area contributed by atoms with E-state index < -0.39 is 6.10 Å². The fraction of sp³-hybridized carbons (Fsp3) is 0.789. The Labute approximate surface area is 132 Å². The molecule has 7 atom stereocenters. The third kappa shape index (κ3) is 1.84. The molecule has 0 radical (unpaired) electrons. The molecule has 3 unspecified atom stereocenters. The first-order valence-electron chi connectivity index (χ1n) is 8.86. The molecular formula is C19H26O3. The average Bonchev–Trinajstić information content (AvgIpc) is 2.74. The molecule has 0 amide bonds. The van der Waals surface area contributed by atoms with Gasteiger partial charge in [-0.15, -0.1) is 0 Å². The van der Waals surface area contributed by atoms with Crippen molar-refractivity contribution >= 4 is 11.6 Å². The minimum absolute atomic E-state index is 0.253. The van der Waals surface area contributed by atoms with Crippen LogP contribution in [0.4, 0.5) is 0 Å². The van der Waals surface area contributed by atoms with Gasteiger partial charge in [0.2, 0.25) is 0 Å². The van der Waals surface area contributed by atoms with Crippen molar-refractivity contribution in [3.63, 3.8) is 0 Å². The van der Waals surface area contributed by atoms with Crippen molar-refractivity contribution < 1.29 is 14.7 Å². The lowest BCUT2D eigenvalue weighted by molar-refractivity contribution is -0.144. The van der Waals surface area contributed by atoms with Gasteiger partial charge in [0.15, 0.2) is 5.78 Å². The topological polar surface area (TPSA) is 54.4 Å². The second-order valence-corrected chi connectivity index (χ2v) is 8.42. The SMILES string of the molecule is C[C@@H]1CC2=CC(=O)CC[C@@H]2C2C1C1CCC(=O)[C@@]1(C)C[C@H]2O. The number of carbonyl (C=O) groups is 2. The molecule has 0 aromatic rings. The molecule has 0 spiro atoms. The summed E-state index contributed by atoms with van der Waals surface area (Å²) in [6.45, 7) is 4.35. The Balaban J connectivity index is 1.74. The lowest BCUT2D eigenvalue weighted by atomic mass is 9.49. The van der Waals surface area contributed by atoms with Crippen LogP contribution in [0.25, 0.3) is 0 Å². The Hall–Kier alpha value is -0.960. The van der Waals surface area contributed by atoms with E-state index in [-0.39, 0.29) is 17.1 Å². The minimum atomic E-state index is -0.391. The summed E-state index contributed by atoms with van der Waals surface area (Å²) in [6, 6.07) is 0. The maximum Gasteiger partial charge on any atom is 0.155 e. The van der Waals surface area contributed by atoms with Gasteiger partial charge in [0, 0.05) is 18.3 Å². The van der Waals surface area contributed by atoms with Crippen LogP contribution in [-0.2, 0) is 9.59 Å². The second kappa shape index (κ2) is 4.77. The molecule has 0 heterocycles. The highest BCUT2D eigenvalue weighted by Crippen LogP contribution is 2.61. The summed E-state index contributed by atoms with van der Waals surface area (Å²) in [7, 11) is 0. The number of rotatable bonds is 0. The van der Waals surface area contributed by atoms with E-state index in [0.717, 1.165) is 19.3 Å². The first-order chi connectivity index (χ1) is 10.4. The molecule has 4 aliphatic carbocycles. The van der Waals surface area contributed by atoms with Gasteiger partial charge in [-0.1, -0.05) is 19.4 Å². The Morgan fingerprint density at radius 2 is 1.95 bits per heavy atom. The molecule has 0 aliphatic heterocycles. The summed E-state index contributed by atoms with van der Waals surface area (Å²) in [5.74, 6) is 2.58. The molecule has 0 aromatic carbocycles. The molecule has 3 fully saturated rings. The number of hydrogen-bond acceptors (Lipinski definition) is 3. The Bertz CT molecular complexity index is 563. The quantitative estimate of drug-likeness (QED) is 0.748. The summed E-state index contributed by atoms with van der Waals surface area (Å²) in [5.41, 5.74) is 0.970. The normalized spacial score (nSPS) is 51.0. The number of ketones is 2. The van der Waals surface area contributed by atoms with Crippen LogP contribution in [0.15, 0.2) is 11.6 Å². The van der Waals surface area contributed by atoms with Crippen molar-refractivity contribution in [1.82, 2.24) is 0 Å². The monoisotopic (exact) mass is 302 g/mol. The molecule has 0 saturated heterocycles. The lowest BCUT2D eigenvalue weighted by Crippen LogP contribution is -2.55. The first-order valence-corrected chi connectivity index (χ1v) is 8.86. The van der Waals surface area contributed by atoms with Crippen molar-refractivity contribution in [2.45, 2.75) is 58.5 Å². The molecule has 3 saturated carbocycles. The highest BCUT2D eigenvalue weighted by atomic mass is 16.3. The Morgan fingerprint density at radius 3 is 2.73 bits per heavy atom. The van der Waals surface area contributed by atoms with E-state index in [0.29, 0.717) is 48.7 Å². The third-order valence-electron chi connectivity index (χ3n) is 7.33. The van der Waals surface area contributed by atoms with Gasteiger partial charge in [0.25, 0.3) is 0 Å².